The van der Waals surface area contributed by atoms with Crippen molar-refractivity contribution in [2.75, 3.05) is 0 Å². The van der Waals surface area contributed by atoms with Gasteiger partial charge in [0.15, 0.2) is 0 Å². The lowest BCUT2D eigenvalue weighted by Gasteiger charge is -2.17. The van der Waals surface area contributed by atoms with Gasteiger partial charge in [-0.25, -0.2) is 4.79 Å². The van der Waals surface area contributed by atoms with Crippen LogP contribution < -0.4 is 10.6 Å². The SMILES string of the molecule is C[C@@H](NC(=O)c1cncc(Br)c1)c1ccc(-c2cc(C(F)(F)F)ccc2CNC(=O)O)cc1. The van der Waals surface area contributed by atoms with Gasteiger partial charge in [0.05, 0.1) is 17.2 Å². The van der Waals surface area contributed by atoms with Gasteiger partial charge in [0.2, 0.25) is 0 Å². The minimum atomic E-state index is -4.53. The number of hydrogen-bond donors (Lipinski definition) is 3. The van der Waals surface area contributed by atoms with Crippen molar-refractivity contribution in [3.63, 3.8) is 0 Å². The van der Waals surface area contributed by atoms with E-state index in [0.717, 1.165) is 17.7 Å². The normalized spacial score (nSPS) is 12.2. The number of aromatic nitrogens is 1. The van der Waals surface area contributed by atoms with E-state index >= 15 is 0 Å². The van der Waals surface area contributed by atoms with Gasteiger partial charge in [-0.3, -0.25) is 9.78 Å². The molecule has 10 heteroatoms. The maximum absolute atomic E-state index is 13.2. The van der Waals surface area contributed by atoms with E-state index in [2.05, 4.69) is 31.5 Å². The molecule has 6 nitrogen and oxygen atoms in total. The van der Waals surface area contributed by atoms with Crippen molar-refractivity contribution in [3.05, 3.63) is 87.7 Å². The average molecular weight is 522 g/mol. The molecule has 0 saturated heterocycles. The second kappa shape index (κ2) is 10.0. The maximum Gasteiger partial charge on any atom is 0.416 e. The molecule has 3 N–H and O–H groups in total. The second-order valence-electron chi connectivity index (χ2n) is 7.24. The maximum atomic E-state index is 13.2. The minimum Gasteiger partial charge on any atom is -0.465 e. The van der Waals surface area contributed by atoms with Gasteiger partial charge < -0.3 is 15.7 Å². The number of benzene rings is 2. The van der Waals surface area contributed by atoms with Crippen molar-refractivity contribution in [2.45, 2.75) is 25.7 Å². The summed E-state index contributed by atoms with van der Waals surface area (Å²) in [6.45, 7) is 1.64. The summed E-state index contributed by atoms with van der Waals surface area (Å²) in [7, 11) is 0. The van der Waals surface area contributed by atoms with Crippen LogP contribution in [0, 0.1) is 0 Å². The molecular formula is C23H19BrF3N3O3. The Kier molecular flexibility index (Phi) is 7.37. The van der Waals surface area contributed by atoms with Crippen LogP contribution in [0.4, 0.5) is 18.0 Å². The van der Waals surface area contributed by atoms with Crippen LogP contribution in [0.2, 0.25) is 0 Å². The molecule has 3 aromatic rings. The predicted octanol–water partition coefficient (Wildman–Crippen LogP) is 5.79. The molecule has 0 aliphatic carbocycles. The van der Waals surface area contributed by atoms with Crippen molar-refractivity contribution < 1.29 is 27.9 Å². The molecule has 3 rings (SSSR count). The zero-order chi connectivity index (χ0) is 24.2. The first-order valence-corrected chi connectivity index (χ1v) is 10.5. The Morgan fingerprint density at radius 2 is 1.79 bits per heavy atom. The molecule has 0 radical (unpaired) electrons. The fourth-order valence-electron chi connectivity index (χ4n) is 3.20. The Hall–Kier alpha value is -3.40. The van der Waals surface area contributed by atoms with Crippen LogP contribution in [0.1, 0.15) is 40.0 Å². The molecule has 172 valence electrons. The Balaban J connectivity index is 1.84. The Morgan fingerprint density at radius 3 is 2.39 bits per heavy atom. The van der Waals surface area contributed by atoms with Crippen LogP contribution in [-0.2, 0) is 12.7 Å². The Labute approximate surface area is 196 Å². The van der Waals surface area contributed by atoms with Crippen molar-refractivity contribution in [1.29, 1.82) is 0 Å². The first-order chi connectivity index (χ1) is 15.5. The van der Waals surface area contributed by atoms with Crippen LogP contribution in [0.15, 0.2) is 65.4 Å². The topological polar surface area (TPSA) is 91.3 Å². The molecule has 0 fully saturated rings. The third kappa shape index (κ3) is 6.32. The number of hydrogen-bond acceptors (Lipinski definition) is 3. The first kappa shape index (κ1) is 24.2. The largest absolute Gasteiger partial charge is 0.465 e. The molecular weight excluding hydrogens is 503 g/mol. The number of carbonyl (C=O) groups excluding carboxylic acids is 1. The number of carbonyl (C=O) groups is 2. The van der Waals surface area contributed by atoms with Gasteiger partial charge in [-0.05, 0) is 63.3 Å². The third-order valence-corrected chi connectivity index (χ3v) is 5.34. The molecule has 0 aliphatic rings. The van der Waals surface area contributed by atoms with Gasteiger partial charge >= 0.3 is 12.3 Å². The number of rotatable bonds is 6. The lowest BCUT2D eigenvalue weighted by molar-refractivity contribution is -0.137. The molecule has 2 amide bonds. The second-order valence-corrected chi connectivity index (χ2v) is 8.15. The molecule has 0 unspecified atom stereocenters. The number of alkyl halides is 3. The van der Waals surface area contributed by atoms with E-state index in [0.29, 0.717) is 21.2 Å². The van der Waals surface area contributed by atoms with Gasteiger partial charge in [0.25, 0.3) is 5.91 Å². The first-order valence-electron chi connectivity index (χ1n) is 9.73. The molecule has 0 aliphatic heterocycles. The van der Waals surface area contributed by atoms with Crippen LogP contribution in [0.3, 0.4) is 0 Å². The Bertz CT molecular complexity index is 1170. The highest BCUT2D eigenvalue weighted by atomic mass is 79.9. The van der Waals surface area contributed by atoms with Gasteiger partial charge in [0.1, 0.15) is 0 Å². The molecule has 0 bridgehead atoms. The van der Waals surface area contributed by atoms with Crippen molar-refractivity contribution in [1.82, 2.24) is 15.6 Å². The number of amides is 2. The van der Waals surface area contributed by atoms with E-state index in [1.54, 1.807) is 43.5 Å². The third-order valence-electron chi connectivity index (χ3n) is 4.90. The zero-order valence-corrected chi connectivity index (χ0v) is 18.9. The summed E-state index contributed by atoms with van der Waals surface area (Å²) in [5.41, 5.74) is 1.45. The summed E-state index contributed by atoms with van der Waals surface area (Å²) in [6, 6.07) is 11.1. The molecule has 0 saturated carbocycles. The number of carboxylic acid groups (broad SMARTS) is 1. The molecule has 1 atom stereocenters. The fraction of sp³-hybridized carbons (Fsp3) is 0.174. The van der Waals surface area contributed by atoms with Gasteiger partial charge in [-0.2, -0.15) is 13.2 Å². The number of nitrogens with zero attached hydrogens (tertiary/aromatic N) is 1. The van der Waals surface area contributed by atoms with Gasteiger partial charge in [0, 0.05) is 23.4 Å². The van der Waals surface area contributed by atoms with Gasteiger partial charge in [-0.1, -0.05) is 30.3 Å². The Morgan fingerprint density at radius 1 is 1.09 bits per heavy atom. The lowest BCUT2D eigenvalue weighted by Crippen LogP contribution is -2.26. The smallest absolute Gasteiger partial charge is 0.416 e. The van der Waals surface area contributed by atoms with E-state index < -0.39 is 17.8 Å². The summed E-state index contributed by atoms with van der Waals surface area (Å²) in [4.78, 5) is 27.2. The van der Waals surface area contributed by atoms with Crippen LogP contribution >= 0.6 is 15.9 Å². The van der Waals surface area contributed by atoms with Crippen molar-refractivity contribution >= 4 is 27.9 Å². The highest BCUT2D eigenvalue weighted by Gasteiger charge is 2.31. The minimum absolute atomic E-state index is 0.141. The summed E-state index contributed by atoms with van der Waals surface area (Å²) in [5.74, 6) is -0.319. The number of nitrogens with one attached hydrogen (secondary N) is 2. The molecule has 0 spiro atoms. The quantitative estimate of drug-likeness (QED) is 0.383. The summed E-state index contributed by atoms with van der Waals surface area (Å²) in [5, 5.41) is 13.9. The van der Waals surface area contributed by atoms with Crippen LogP contribution in [-0.4, -0.2) is 22.1 Å². The van der Waals surface area contributed by atoms with Crippen molar-refractivity contribution in [2.24, 2.45) is 0 Å². The summed E-state index contributed by atoms with van der Waals surface area (Å²) >= 11 is 3.26. The predicted molar refractivity (Wildman–Crippen MR) is 120 cm³/mol. The van der Waals surface area contributed by atoms with E-state index in [1.807, 2.05) is 0 Å². The van der Waals surface area contributed by atoms with E-state index in [-0.39, 0.29) is 24.1 Å². The lowest BCUT2D eigenvalue weighted by atomic mass is 9.95. The van der Waals surface area contributed by atoms with Gasteiger partial charge in [-0.15, -0.1) is 0 Å². The fourth-order valence-corrected chi connectivity index (χ4v) is 3.56. The van der Waals surface area contributed by atoms with Crippen LogP contribution in [0.25, 0.3) is 11.1 Å². The summed E-state index contributed by atoms with van der Waals surface area (Å²) < 4.78 is 40.4. The van der Waals surface area contributed by atoms with E-state index in [9.17, 15) is 22.8 Å². The van der Waals surface area contributed by atoms with E-state index in [1.165, 1.54) is 12.3 Å². The van der Waals surface area contributed by atoms with Crippen LogP contribution in [0.5, 0.6) is 0 Å². The number of halogens is 4. The standard InChI is InChI=1S/C23H19BrF3N3O3/c1-13(30-21(31)17-8-19(24)12-28-10-17)14-2-4-15(5-3-14)20-9-18(23(25,26)27)7-6-16(20)11-29-22(32)33/h2-10,12-13,29H,11H2,1H3,(H,30,31)(H,32,33)/t13-/m1/s1. The summed E-state index contributed by atoms with van der Waals surface area (Å²) in [6.07, 6.45) is -2.81. The average Bonchev–Trinajstić information content (AvgIpc) is 2.77. The zero-order valence-electron chi connectivity index (χ0n) is 17.3. The molecule has 33 heavy (non-hydrogen) atoms. The molecule has 1 heterocycles. The van der Waals surface area contributed by atoms with E-state index in [4.69, 9.17) is 5.11 Å². The molecule has 1 aromatic heterocycles. The monoisotopic (exact) mass is 521 g/mol. The highest BCUT2D eigenvalue weighted by Crippen LogP contribution is 2.34. The number of pyridine rings is 1. The molecule has 2 aromatic carbocycles. The highest BCUT2D eigenvalue weighted by molar-refractivity contribution is 9.10. The van der Waals surface area contributed by atoms with Crippen molar-refractivity contribution in [3.8, 4) is 11.1 Å².